The van der Waals surface area contributed by atoms with Crippen LogP contribution in [0.4, 0.5) is 0 Å². The topological polar surface area (TPSA) is 116 Å². The third kappa shape index (κ3) is 4.34. The molecule has 0 aliphatic carbocycles. The van der Waals surface area contributed by atoms with Crippen LogP contribution in [0, 0.1) is 0 Å². The molecule has 1 aromatic rings. The van der Waals surface area contributed by atoms with Crippen molar-refractivity contribution in [2.24, 2.45) is 5.73 Å². The van der Waals surface area contributed by atoms with Crippen molar-refractivity contribution in [2.45, 2.75) is 51.3 Å². The van der Waals surface area contributed by atoms with Crippen LogP contribution < -0.4 is 11.1 Å². The number of carbonyl (C=O) groups is 1. The van der Waals surface area contributed by atoms with Crippen molar-refractivity contribution >= 4 is 5.91 Å². The Labute approximate surface area is 124 Å². The minimum absolute atomic E-state index is 0.210. The summed E-state index contributed by atoms with van der Waals surface area (Å²) in [7, 11) is 0. The van der Waals surface area contributed by atoms with E-state index in [4.69, 9.17) is 5.73 Å². The van der Waals surface area contributed by atoms with Gasteiger partial charge in [0.2, 0.25) is 5.91 Å². The van der Waals surface area contributed by atoms with E-state index < -0.39 is 23.1 Å². The van der Waals surface area contributed by atoms with Crippen molar-refractivity contribution in [2.75, 3.05) is 0 Å². The van der Waals surface area contributed by atoms with Gasteiger partial charge in [-0.1, -0.05) is 6.07 Å². The van der Waals surface area contributed by atoms with Crippen LogP contribution in [0.1, 0.15) is 33.3 Å². The molecule has 1 rings (SSSR count). The number of nitrogens with one attached hydrogen (secondary N) is 1. The molecule has 0 unspecified atom stereocenters. The van der Waals surface area contributed by atoms with Gasteiger partial charge in [-0.05, 0) is 51.8 Å². The van der Waals surface area contributed by atoms with Crippen LogP contribution >= 0.6 is 0 Å². The summed E-state index contributed by atoms with van der Waals surface area (Å²) in [6, 6.07) is 3.47. The van der Waals surface area contributed by atoms with E-state index in [2.05, 4.69) is 5.32 Å². The van der Waals surface area contributed by atoms with E-state index in [0.29, 0.717) is 5.56 Å². The number of hydrogen-bond donors (Lipinski definition) is 5. The molecule has 0 saturated carbocycles. The van der Waals surface area contributed by atoms with Gasteiger partial charge >= 0.3 is 0 Å². The number of hydrogen-bond acceptors (Lipinski definition) is 5. The second kappa shape index (κ2) is 5.91. The molecule has 0 spiro atoms. The molecule has 0 heterocycles. The quantitative estimate of drug-likeness (QED) is 0.511. The highest BCUT2D eigenvalue weighted by Gasteiger charge is 2.37. The fraction of sp³-hybridized carbons (Fsp3) is 0.533. The van der Waals surface area contributed by atoms with Gasteiger partial charge in [-0.2, -0.15) is 0 Å². The molecule has 0 radical (unpaired) electrons. The smallest absolute Gasteiger partial charge is 0.237 e. The summed E-state index contributed by atoms with van der Waals surface area (Å²) in [5, 5.41) is 31.4. The average Bonchev–Trinajstić information content (AvgIpc) is 2.31. The van der Waals surface area contributed by atoms with E-state index in [0.717, 1.165) is 0 Å². The van der Waals surface area contributed by atoms with Crippen molar-refractivity contribution in [1.82, 2.24) is 5.32 Å². The van der Waals surface area contributed by atoms with E-state index in [-0.39, 0.29) is 17.9 Å². The van der Waals surface area contributed by atoms with Crippen molar-refractivity contribution < 1.29 is 20.1 Å². The van der Waals surface area contributed by atoms with E-state index in [1.807, 2.05) is 0 Å². The number of aromatic hydroxyl groups is 2. The highest BCUT2D eigenvalue weighted by molar-refractivity contribution is 5.82. The molecule has 1 amide bonds. The second-order valence-electron chi connectivity index (χ2n) is 6.31. The Hall–Kier alpha value is -1.79. The third-order valence-corrected chi connectivity index (χ3v) is 3.80. The minimum Gasteiger partial charge on any atom is -0.504 e. The molecule has 1 atom stereocenters. The Morgan fingerprint density at radius 3 is 2.29 bits per heavy atom. The first-order chi connectivity index (χ1) is 9.44. The number of amides is 1. The van der Waals surface area contributed by atoms with E-state index in [1.165, 1.54) is 12.1 Å². The Bertz CT molecular complexity index is 521. The molecule has 0 aromatic heterocycles. The molecule has 6 heteroatoms. The van der Waals surface area contributed by atoms with Crippen LogP contribution in [0.25, 0.3) is 0 Å². The lowest BCUT2D eigenvalue weighted by Crippen LogP contribution is -2.60. The van der Waals surface area contributed by atoms with Crippen LogP contribution in [0.2, 0.25) is 0 Å². The third-order valence-electron chi connectivity index (χ3n) is 3.80. The predicted octanol–water partition coefficient (Wildman–Crippen LogP) is 0.633. The summed E-state index contributed by atoms with van der Waals surface area (Å²) in [5.74, 6) is -0.869. The zero-order chi connectivity index (χ0) is 16.4. The van der Waals surface area contributed by atoms with Crippen LogP contribution in [0.15, 0.2) is 18.2 Å². The average molecular weight is 296 g/mol. The van der Waals surface area contributed by atoms with Crippen LogP contribution in [0.3, 0.4) is 0 Å². The normalized spacial score (nSPS) is 13.8. The summed E-state index contributed by atoms with van der Waals surface area (Å²) in [5.41, 5.74) is 4.55. The number of nitrogens with two attached hydrogens (primary N) is 1. The van der Waals surface area contributed by atoms with Crippen molar-refractivity contribution in [3.63, 3.8) is 0 Å². The molecule has 1 aromatic carbocycles. The number of aliphatic hydroxyl groups is 1. The number of rotatable bonds is 5. The molecule has 0 saturated heterocycles. The van der Waals surface area contributed by atoms with Crippen molar-refractivity contribution in [3.8, 4) is 11.5 Å². The summed E-state index contributed by atoms with van der Waals surface area (Å²) >= 11 is 0. The lowest BCUT2D eigenvalue weighted by molar-refractivity contribution is -0.127. The molecule has 21 heavy (non-hydrogen) atoms. The summed E-state index contributed by atoms with van der Waals surface area (Å²) in [6.07, 6.45) is 0.210. The van der Waals surface area contributed by atoms with E-state index in [9.17, 15) is 20.1 Å². The predicted molar refractivity (Wildman–Crippen MR) is 80.0 cm³/mol. The first-order valence-corrected chi connectivity index (χ1v) is 6.75. The Balaban J connectivity index is 2.73. The van der Waals surface area contributed by atoms with Gasteiger partial charge in [-0.3, -0.25) is 4.79 Å². The number of phenolic OH excluding ortho intramolecular Hbond substituents is 2. The summed E-state index contributed by atoms with van der Waals surface area (Å²) in [6.45, 7) is 6.64. The number of phenols is 2. The maximum Gasteiger partial charge on any atom is 0.237 e. The van der Waals surface area contributed by atoms with Crippen molar-refractivity contribution in [1.29, 1.82) is 0 Å². The van der Waals surface area contributed by atoms with Crippen LogP contribution in [0.5, 0.6) is 11.5 Å². The Morgan fingerprint density at radius 2 is 1.81 bits per heavy atom. The van der Waals surface area contributed by atoms with Gasteiger partial charge < -0.3 is 26.4 Å². The highest BCUT2D eigenvalue weighted by atomic mass is 16.3. The number of benzene rings is 1. The van der Waals surface area contributed by atoms with Crippen molar-refractivity contribution in [3.05, 3.63) is 23.8 Å². The monoisotopic (exact) mass is 296 g/mol. The van der Waals surface area contributed by atoms with Gasteiger partial charge in [0.1, 0.15) is 0 Å². The maximum absolute atomic E-state index is 12.1. The van der Waals surface area contributed by atoms with Gasteiger partial charge in [-0.15, -0.1) is 0 Å². The maximum atomic E-state index is 12.1. The minimum atomic E-state index is -1.10. The standard InChI is InChI=1S/C15H24N2O4/c1-14(2,15(3,4)21)17-13(20)10(16)7-9-5-6-11(18)12(19)8-9/h5-6,8,10,18-19,21H,7,16H2,1-4H3,(H,17,20)/t10-/m0/s1. The molecule has 0 aliphatic heterocycles. The molecule has 0 bridgehead atoms. The first kappa shape index (κ1) is 17.3. The lowest BCUT2D eigenvalue weighted by Gasteiger charge is -2.38. The molecule has 0 aliphatic rings. The fourth-order valence-corrected chi connectivity index (χ4v) is 1.60. The van der Waals surface area contributed by atoms with Gasteiger partial charge in [0.25, 0.3) is 0 Å². The Kier molecular flexibility index (Phi) is 4.86. The fourth-order valence-electron chi connectivity index (χ4n) is 1.60. The largest absolute Gasteiger partial charge is 0.504 e. The van der Waals surface area contributed by atoms with Gasteiger partial charge in [0, 0.05) is 0 Å². The Morgan fingerprint density at radius 1 is 1.24 bits per heavy atom. The molecule has 6 nitrogen and oxygen atoms in total. The molecular formula is C15H24N2O4. The zero-order valence-corrected chi connectivity index (χ0v) is 12.8. The van der Waals surface area contributed by atoms with E-state index in [1.54, 1.807) is 33.8 Å². The van der Waals surface area contributed by atoms with E-state index >= 15 is 0 Å². The highest BCUT2D eigenvalue weighted by Crippen LogP contribution is 2.25. The SMILES string of the molecule is CC(C)(O)C(C)(C)NC(=O)[C@@H](N)Cc1ccc(O)c(O)c1. The van der Waals surface area contributed by atoms with Gasteiger partial charge in [-0.25, -0.2) is 0 Å². The molecule has 118 valence electrons. The zero-order valence-electron chi connectivity index (χ0n) is 12.8. The number of carbonyl (C=O) groups excluding carboxylic acids is 1. The summed E-state index contributed by atoms with van der Waals surface area (Å²) in [4.78, 5) is 12.1. The van der Waals surface area contributed by atoms with Crippen LogP contribution in [-0.4, -0.2) is 38.4 Å². The van der Waals surface area contributed by atoms with Gasteiger partial charge in [0.15, 0.2) is 11.5 Å². The summed E-state index contributed by atoms with van der Waals surface area (Å²) < 4.78 is 0. The second-order valence-corrected chi connectivity index (χ2v) is 6.31. The molecule has 0 fully saturated rings. The first-order valence-electron chi connectivity index (χ1n) is 6.75. The molecule has 6 N–H and O–H groups in total. The lowest BCUT2D eigenvalue weighted by atomic mass is 9.85. The molecular weight excluding hydrogens is 272 g/mol. The van der Waals surface area contributed by atoms with Crippen LogP contribution in [-0.2, 0) is 11.2 Å². The van der Waals surface area contributed by atoms with Gasteiger partial charge in [0.05, 0.1) is 17.2 Å².